The Labute approximate surface area is 102 Å². The lowest BCUT2D eigenvalue weighted by Gasteiger charge is -2.25. The molecule has 0 fully saturated rings. The van der Waals surface area contributed by atoms with Gasteiger partial charge in [-0.2, -0.15) is 0 Å². The average Bonchev–Trinajstić information content (AvgIpc) is 2.28. The molecule has 0 bridgehead atoms. The summed E-state index contributed by atoms with van der Waals surface area (Å²) in [6.45, 7) is 6.07. The monoisotopic (exact) mass is 236 g/mol. The van der Waals surface area contributed by atoms with Crippen LogP contribution < -0.4 is 11.2 Å². The van der Waals surface area contributed by atoms with Crippen molar-refractivity contribution in [1.29, 1.82) is 0 Å². The van der Waals surface area contributed by atoms with E-state index in [2.05, 4.69) is 5.48 Å². The first-order valence-electron chi connectivity index (χ1n) is 5.62. The Kier molecular flexibility index (Phi) is 4.66. The van der Waals surface area contributed by atoms with Gasteiger partial charge in [0.15, 0.2) is 0 Å². The van der Waals surface area contributed by atoms with E-state index in [4.69, 9.17) is 10.6 Å². The molecule has 1 atom stereocenters. The molecule has 1 rings (SSSR count). The first-order chi connectivity index (χ1) is 7.91. The van der Waals surface area contributed by atoms with Gasteiger partial charge in [-0.05, 0) is 11.0 Å². The lowest BCUT2D eigenvalue weighted by Crippen LogP contribution is -2.48. The molecule has 0 aromatic heterocycles. The lowest BCUT2D eigenvalue weighted by atomic mass is 9.87. The van der Waals surface area contributed by atoms with Gasteiger partial charge in [-0.25, -0.2) is 5.48 Å². The third-order valence-electron chi connectivity index (χ3n) is 2.47. The van der Waals surface area contributed by atoms with Gasteiger partial charge in [-0.1, -0.05) is 51.1 Å². The van der Waals surface area contributed by atoms with E-state index in [0.717, 1.165) is 5.56 Å². The number of nitrogens with one attached hydrogen (secondary N) is 1. The van der Waals surface area contributed by atoms with Crippen molar-refractivity contribution in [1.82, 2.24) is 5.48 Å². The van der Waals surface area contributed by atoms with Gasteiger partial charge in [0.1, 0.15) is 0 Å². The fourth-order valence-electron chi connectivity index (χ4n) is 1.22. The molecular formula is C13H20N2O2. The Bertz CT molecular complexity index is 357. The molecule has 1 aromatic carbocycles. The second-order valence-electron chi connectivity index (χ2n) is 5.08. The van der Waals surface area contributed by atoms with Gasteiger partial charge in [-0.15, -0.1) is 0 Å². The summed E-state index contributed by atoms with van der Waals surface area (Å²) in [5, 5.41) is 0. The van der Waals surface area contributed by atoms with E-state index < -0.39 is 6.04 Å². The molecule has 4 heteroatoms. The minimum absolute atomic E-state index is 0.278. The number of amides is 1. The fourth-order valence-corrected chi connectivity index (χ4v) is 1.22. The largest absolute Gasteiger partial charge is 0.319 e. The number of carbonyl (C=O) groups excluding carboxylic acids is 1. The number of hydrogen-bond donors (Lipinski definition) is 2. The highest BCUT2D eigenvalue weighted by atomic mass is 16.6. The van der Waals surface area contributed by atoms with Crippen LogP contribution in [0.5, 0.6) is 0 Å². The summed E-state index contributed by atoms with van der Waals surface area (Å²) >= 11 is 0. The third kappa shape index (κ3) is 4.54. The Hall–Kier alpha value is -1.39. The maximum atomic E-state index is 11.6. The summed E-state index contributed by atoms with van der Waals surface area (Å²) < 4.78 is 0. The first kappa shape index (κ1) is 13.7. The van der Waals surface area contributed by atoms with Crippen LogP contribution in [0.2, 0.25) is 0 Å². The van der Waals surface area contributed by atoms with Gasteiger partial charge in [-0.3, -0.25) is 9.63 Å². The molecule has 1 aromatic rings. The lowest BCUT2D eigenvalue weighted by molar-refractivity contribution is -0.138. The van der Waals surface area contributed by atoms with Crippen LogP contribution in [0.1, 0.15) is 26.3 Å². The number of hydrogen-bond acceptors (Lipinski definition) is 3. The van der Waals surface area contributed by atoms with Gasteiger partial charge in [0.05, 0.1) is 12.6 Å². The molecule has 17 heavy (non-hydrogen) atoms. The number of carbonyl (C=O) groups is 1. The molecule has 94 valence electrons. The molecular weight excluding hydrogens is 216 g/mol. The zero-order chi connectivity index (χ0) is 12.9. The van der Waals surface area contributed by atoms with Crippen molar-refractivity contribution in [2.75, 3.05) is 0 Å². The van der Waals surface area contributed by atoms with E-state index in [1.165, 1.54) is 0 Å². The van der Waals surface area contributed by atoms with E-state index in [-0.39, 0.29) is 11.3 Å². The molecule has 0 radical (unpaired) electrons. The van der Waals surface area contributed by atoms with Crippen molar-refractivity contribution in [3.63, 3.8) is 0 Å². The molecule has 0 heterocycles. The molecule has 0 spiro atoms. The second kappa shape index (κ2) is 5.80. The van der Waals surface area contributed by atoms with E-state index in [9.17, 15) is 4.79 Å². The summed E-state index contributed by atoms with van der Waals surface area (Å²) in [5.41, 5.74) is 8.87. The van der Waals surface area contributed by atoms with E-state index in [0.29, 0.717) is 6.61 Å². The molecule has 0 aliphatic rings. The summed E-state index contributed by atoms with van der Waals surface area (Å²) in [7, 11) is 0. The summed E-state index contributed by atoms with van der Waals surface area (Å²) in [4.78, 5) is 16.7. The first-order valence-corrected chi connectivity index (χ1v) is 5.62. The molecule has 0 saturated carbocycles. The Morgan fingerprint density at radius 2 is 1.94 bits per heavy atom. The van der Waals surface area contributed by atoms with Crippen LogP contribution in [0.3, 0.4) is 0 Å². The predicted octanol–water partition coefficient (Wildman–Crippen LogP) is 1.61. The molecule has 0 aliphatic heterocycles. The quantitative estimate of drug-likeness (QED) is 0.781. The Morgan fingerprint density at radius 3 is 2.47 bits per heavy atom. The van der Waals surface area contributed by atoms with Crippen LogP contribution in [0.15, 0.2) is 30.3 Å². The van der Waals surface area contributed by atoms with Crippen LogP contribution in [-0.4, -0.2) is 11.9 Å². The standard InChI is InChI=1S/C13H20N2O2/c1-13(2,3)11(14)12(16)15-17-9-10-7-5-4-6-8-10/h4-8,11H,9,14H2,1-3H3,(H,15,16)/t11-/m0/s1. The molecule has 0 saturated heterocycles. The SMILES string of the molecule is CC(C)(C)[C@@H](N)C(=O)NOCc1ccccc1. The second-order valence-corrected chi connectivity index (χ2v) is 5.08. The highest BCUT2D eigenvalue weighted by molar-refractivity contribution is 5.81. The van der Waals surface area contributed by atoms with Crippen molar-refractivity contribution < 1.29 is 9.63 Å². The maximum absolute atomic E-state index is 11.6. The molecule has 4 nitrogen and oxygen atoms in total. The average molecular weight is 236 g/mol. The summed E-state index contributed by atoms with van der Waals surface area (Å²) in [6.07, 6.45) is 0. The molecule has 0 unspecified atom stereocenters. The number of benzene rings is 1. The molecule has 1 amide bonds. The van der Waals surface area contributed by atoms with Gasteiger partial charge in [0, 0.05) is 0 Å². The van der Waals surface area contributed by atoms with Gasteiger partial charge in [0.25, 0.3) is 5.91 Å². The zero-order valence-electron chi connectivity index (χ0n) is 10.6. The zero-order valence-corrected chi connectivity index (χ0v) is 10.6. The van der Waals surface area contributed by atoms with E-state index in [1.807, 2.05) is 51.1 Å². The summed E-state index contributed by atoms with van der Waals surface area (Å²) in [6, 6.07) is 9.03. The van der Waals surface area contributed by atoms with Crippen LogP contribution in [0.25, 0.3) is 0 Å². The van der Waals surface area contributed by atoms with Crippen LogP contribution in [0, 0.1) is 5.41 Å². The highest BCUT2D eigenvalue weighted by Crippen LogP contribution is 2.17. The minimum Gasteiger partial charge on any atom is -0.319 e. The van der Waals surface area contributed by atoms with Gasteiger partial charge >= 0.3 is 0 Å². The Morgan fingerprint density at radius 1 is 1.35 bits per heavy atom. The highest BCUT2D eigenvalue weighted by Gasteiger charge is 2.27. The number of rotatable bonds is 4. The fraction of sp³-hybridized carbons (Fsp3) is 0.462. The van der Waals surface area contributed by atoms with Crippen molar-refractivity contribution in [3.05, 3.63) is 35.9 Å². The molecule has 3 N–H and O–H groups in total. The smallest absolute Gasteiger partial charge is 0.260 e. The van der Waals surface area contributed by atoms with Gasteiger partial charge < -0.3 is 5.73 Å². The minimum atomic E-state index is -0.585. The van der Waals surface area contributed by atoms with Crippen LogP contribution in [0.4, 0.5) is 0 Å². The van der Waals surface area contributed by atoms with Crippen molar-refractivity contribution >= 4 is 5.91 Å². The Balaban J connectivity index is 2.35. The van der Waals surface area contributed by atoms with Crippen molar-refractivity contribution in [3.8, 4) is 0 Å². The van der Waals surface area contributed by atoms with E-state index >= 15 is 0 Å². The molecule has 0 aliphatic carbocycles. The van der Waals surface area contributed by atoms with Crippen molar-refractivity contribution in [2.24, 2.45) is 11.1 Å². The van der Waals surface area contributed by atoms with Crippen LogP contribution >= 0.6 is 0 Å². The van der Waals surface area contributed by atoms with Gasteiger partial charge in [0.2, 0.25) is 0 Å². The number of nitrogens with two attached hydrogens (primary N) is 1. The van der Waals surface area contributed by atoms with E-state index in [1.54, 1.807) is 0 Å². The van der Waals surface area contributed by atoms with Crippen molar-refractivity contribution in [2.45, 2.75) is 33.4 Å². The third-order valence-corrected chi connectivity index (χ3v) is 2.47. The topological polar surface area (TPSA) is 64.4 Å². The predicted molar refractivity (Wildman–Crippen MR) is 66.8 cm³/mol. The normalized spacial score (nSPS) is 13.2. The maximum Gasteiger partial charge on any atom is 0.260 e. The number of hydroxylamine groups is 1. The van der Waals surface area contributed by atoms with Crippen LogP contribution in [-0.2, 0) is 16.2 Å². The summed E-state index contributed by atoms with van der Waals surface area (Å²) in [5.74, 6) is -0.298.